The molecular weight excluding hydrogens is 296 g/mol. The summed E-state index contributed by atoms with van der Waals surface area (Å²) in [6, 6.07) is 18.3. The molecule has 1 amide bonds. The maximum Gasteiger partial charge on any atom is 0.244 e. The topological polar surface area (TPSA) is 23.6 Å². The normalized spacial score (nSPS) is 26.3. The van der Waals surface area contributed by atoms with Gasteiger partial charge in [0.05, 0.1) is 0 Å². The number of rotatable bonds is 2. The summed E-state index contributed by atoms with van der Waals surface area (Å²) >= 11 is 6.50. The minimum Gasteiger partial charge on any atom is -0.372 e. The smallest absolute Gasteiger partial charge is 0.244 e. The average Bonchev–Trinajstić information content (AvgIpc) is 2.88. The van der Waals surface area contributed by atoms with E-state index >= 15 is 0 Å². The molecule has 2 unspecified atom stereocenters. The van der Waals surface area contributed by atoms with E-state index in [0.29, 0.717) is 6.54 Å². The summed E-state index contributed by atoms with van der Waals surface area (Å²) in [5, 5.41) is -0.484. The monoisotopic (exact) mass is 312 g/mol. The van der Waals surface area contributed by atoms with Crippen LogP contribution in [0.15, 0.2) is 54.6 Å². The average molecular weight is 313 g/mol. The summed E-state index contributed by atoms with van der Waals surface area (Å²) in [6.45, 7) is 1.35. The minimum absolute atomic E-state index is 0.0237. The van der Waals surface area contributed by atoms with Crippen LogP contribution in [-0.4, -0.2) is 29.8 Å². The Morgan fingerprint density at radius 2 is 1.82 bits per heavy atom. The number of likely N-dealkylation sites (N-methyl/N-ethyl adjacent to an activating group) is 1. The molecule has 2 aromatic rings. The van der Waals surface area contributed by atoms with Gasteiger partial charge in [0.1, 0.15) is 10.9 Å². The lowest BCUT2D eigenvalue weighted by Crippen LogP contribution is -2.70. The number of nitrogens with zero attached hydrogens (tertiary/aromatic N) is 2. The van der Waals surface area contributed by atoms with Gasteiger partial charge in [0, 0.05) is 31.4 Å². The standard InChI is InChI=1S/C18H17ClN2O/c1-20-12-18(14-9-5-6-10-15(14)20)16(19)17(22)21(18)11-13-7-3-2-4-8-13/h2-10,16H,11-12H2,1H3. The molecule has 0 radical (unpaired) electrons. The number of carbonyl (C=O) groups excluding carboxylic acids is 1. The van der Waals surface area contributed by atoms with Crippen molar-refractivity contribution in [3.05, 3.63) is 65.7 Å². The van der Waals surface area contributed by atoms with Crippen LogP contribution in [0.3, 0.4) is 0 Å². The predicted octanol–water partition coefficient (Wildman–Crippen LogP) is 2.98. The number of alkyl halides is 1. The minimum atomic E-state index is -0.484. The Kier molecular flexibility index (Phi) is 2.95. The van der Waals surface area contributed by atoms with Crippen LogP contribution in [0.1, 0.15) is 11.1 Å². The van der Waals surface area contributed by atoms with Gasteiger partial charge in [-0.15, -0.1) is 11.6 Å². The Hall–Kier alpha value is -2.00. The third kappa shape index (κ3) is 1.66. The summed E-state index contributed by atoms with van der Waals surface area (Å²) in [4.78, 5) is 16.5. The van der Waals surface area contributed by atoms with Gasteiger partial charge in [-0.05, 0) is 11.6 Å². The van der Waals surface area contributed by atoms with Crippen molar-refractivity contribution in [2.75, 3.05) is 18.5 Å². The summed E-state index contributed by atoms with van der Waals surface area (Å²) in [7, 11) is 2.06. The second-order valence-electron chi connectivity index (χ2n) is 6.07. The van der Waals surface area contributed by atoms with Gasteiger partial charge in [0.25, 0.3) is 0 Å². The molecular formula is C18H17ClN2O. The first-order valence-corrected chi connectivity index (χ1v) is 7.88. The van der Waals surface area contributed by atoms with E-state index < -0.39 is 10.9 Å². The van der Waals surface area contributed by atoms with E-state index in [4.69, 9.17) is 11.6 Å². The van der Waals surface area contributed by atoms with Crippen LogP contribution in [0.4, 0.5) is 5.69 Å². The van der Waals surface area contributed by atoms with Crippen molar-refractivity contribution in [2.45, 2.75) is 17.5 Å². The third-order valence-corrected chi connectivity index (χ3v) is 5.37. The summed E-state index contributed by atoms with van der Waals surface area (Å²) in [6.07, 6.45) is 0. The van der Waals surface area contributed by atoms with Crippen molar-refractivity contribution in [3.63, 3.8) is 0 Å². The molecule has 3 nitrogen and oxygen atoms in total. The number of anilines is 1. The number of hydrogen-bond acceptors (Lipinski definition) is 2. The number of hydrogen-bond donors (Lipinski definition) is 0. The van der Waals surface area contributed by atoms with Gasteiger partial charge < -0.3 is 9.80 Å². The van der Waals surface area contributed by atoms with Gasteiger partial charge in [0.15, 0.2) is 0 Å². The van der Waals surface area contributed by atoms with Gasteiger partial charge >= 0.3 is 0 Å². The number of halogens is 1. The number of β-lactam (4-membered cyclic amide) rings is 1. The molecule has 1 fully saturated rings. The Morgan fingerprint density at radius 3 is 2.59 bits per heavy atom. The lowest BCUT2D eigenvalue weighted by atomic mass is 9.78. The first-order valence-electron chi connectivity index (χ1n) is 7.45. The van der Waals surface area contributed by atoms with E-state index in [2.05, 4.69) is 24.1 Å². The second kappa shape index (κ2) is 4.75. The van der Waals surface area contributed by atoms with E-state index in [0.717, 1.165) is 17.7 Å². The molecule has 4 heteroatoms. The molecule has 1 saturated heterocycles. The lowest BCUT2D eigenvalue weighted by molar-refractivity contribution is -0.156. The van der Waals surface area contributed by atoms with E-state index in [9.17, 15) is 4.79 Å². The SMILES string of the molecule is CN1CC2(c3ccccc31)C(Cl)C(=O)N2Cc1ccccc1. The van der Waals surface area contributed by atoms with Gasteiger partial charge in [-0.2, -0.15) is 0 Å². The molecule has 0 saturated carbocycles. The molecule has 2 heterocycles. The van der Waals surface area contributed by atoms with Crippen molar-refractivity contribution < 1.29 is 4.79 Å². The highest BCUT2D eigenvalue weighted by Gasteiger charge is 2.63. The number of benzene rings is 2. The highest BCUT2D eigenvalue weighted by molar-refractivity contribution is 6.34. The lowest BCUT2D eigenvalue weighted by Gasteiger charge is -2.53. The Bertz CT molecular complexity index is 733. The fourth-order valence-corrected chi connectivity index (χ4v) is 4.17. The molecule has 0 aromatic heterocycles. The molecule has 2 aromatic carbocycles. The van der Waals surface area contributed by atoms with Gasteiger partial charge in [-0.1, -0.05) is 48.5 Å². The van der Waals surface area contributed by atoms with Gasteiger partial charge in [-0.25, -0.2) is 0 Å². The molecule has 2 aliphatic heterocycles. The Morgan fingerprint density at radius 1 is 1.14 bits per heavy atom. The van der Waals surface area contributed by atoms with Crippen LogP contribution >= 0.6 is 11.6 Å². The number of para-hydroxylation sites is 1. The van der Waals surface area contributed by atoms with E-state index in [1.165, 1.54) is 5.69 Å². The highest BCUT2D eigenvalue weighted by Crippen LogP contribution is 2.53. The van der Waals surface area contributed by atoms with Gasteiger partial charge in [-0.3, -0.25) is 4.79 Å². The zero-order valence-corrected chi connectivity index (χ0v) is 13.1. The van der Waals surface area contributed by atoms with Crippen LogP contribution in [0.5, 0.6) is 0 Å². The zero-order chi connectivity index (χ0) is 15.3. The molecule has 1 spiro atoms. The summed E-state index contributed by atoms with van der Waals surface area (Å²) in [5.74, 6) is 0.0237. The third-order valence-electron chi connectivity index (χ3n) is 4.83. The second-order valence-corrected chi connectivity index (χ2v) is 6.51. The quantitative estimate of drug-likeness (QED) is 0.629. The van der Waals surface area contributed by atoms with E-state index in [-0.39, 0.29) is 5.91 Å². The van der Waals surface area contributed by atoms with Crippen LogP contribution in [0, 0.1) is 0 Å². The number of fused-ring (bicyclic) bond motifs is 2. The first kappa shape index (κ1) is 13.6. The molecule has 0 N–H and O–H groups in total. The van der Waals surface area contributed by atoms with Crippen molar-refractivity contribution in [1.29, 1.82) is 0 Å². The number of amides is 1. The summed E-state index contributed by atoms with van der Waals surface area (Å²) in [5.41, 5.74) is 3.05. The van der Waals surface area contributed by atoms with Crippen molar-refractivity contribution in [2.24, 2.45) is 0 Å². The largest absolute Gasteiger partial charge is 0.372 e. The molecule has 22 heavy (non-hydrogen) atoms. The fourth-order valence-electron chi connectivity index (χ4n) is 3.75. The fraction of sp³-hybridized carbons (Fsp3) is 0.278. The van der Waals surface area contributed by atoms with Crippen molar-refractivity contribution >= 4 is 23.2 Å². The van der Waals surface area contributed by atoms with Crippen LogP contribution < -0.4 is 4.90 Å². The van der Waals surface area contributed by atoms with E-state index in [1.807, 2.05) is 47.4 Å². The molecule has 4 rings (SSSR count). The Labute approximate surface area is 135 Å². The van der Waals surface area contributed by atoms with Crippen LogP contribution in [0.25, 0.3) is 0 Å². The molecule has 112 valence electrons. The van der Waals surface area contributed by atoms with Crippen LogP contribution in [0.2, 0.25) is 0 Å². The highest BCUT2D eigenvalue weighted by atomic mass is 35.5. The molecule has 2 atom stereocenters. The molecule has 2 aliphatic rings. The van der Waals surface area contributed by atoms with E-state index in [1.54, 1.807) is 0 Å². The molecule has 0 bridgehead atoms. The van der Waals surface area contributed by atoms with Crippen molar-refractivity contribution in [3.8, 4) is 0 Å². The maximum absolute atomic E-state index is 12.4. The summed E-state index contributed by atoms with van der Waals surface area (Å²) < 4.78 is 0. The number of likely N-dealkylation sites (tertiary alicyclic amines) is 1. The predicted molar refractivity (Wildman–Crippen MR) is 88.0 cm³/mol. The van der Waals surface area contributed by atoms with Crippen LogP contribution in [-0.2, 0) is 16.9 Å². The number of carbonyl (C=O) groups is 1. The maximum atomic E-state index is 12.4. The zero-order valence-electron chi connectivity index (χ0n) is 12.4. The van der Waals surface area contributed by atoms with Crippen molar-refractivity contribution in [1.82, 2.24) is 4.90 Å². The first-order chi connectivity index (χ1) is 10.6. The molecule has 0 aliphatic carbocycles. The van der Waals surface area contributed by atoms with Gasteiger partial charge in [0.2, 0.25) is 5.91 Å². The Balaban J connectivity index is 1.76.